The van der Waals surface area contributed by atoms with E-state index >= 15 is 0 Å². The van der Waals surface area contributed by atoms with Crippen LogP contribution in [0.4, 0.5) is 0 Å². The van der Waals surface area contributed by atoms with Gasteiger partial charge < -0.3 is 9.47 Å². The third kappa shape index (κ3) is 3.34. The Kier molecular flexibility index (Phi) is 5.17. The maximum atomic E-state index is 12.1. The molecule has 0 amide bonds. The molecule has 0 N–H and O–H groups in total. The lowest BCUT2D eigenvalue weighted by atomic mass is 10.1. The molecule has 2 rings (SSSR count). The van der Waals surface area contributed by atoms with Gasteiger partial charge >= 0.3 is 11.9 Å². The molecule has 21 heavy (non-hydrogen) atoms. The Bertz CT molecular complexity index is 598. The lowest BCUT2D eigenvalue weighted by molar-refractivity contribution is 0.0525. The Labute approximate surface area is 136 Å². The van der Waals surface area contributed by atoms with Crippen molar-refractivity contribution in [1.82, 2.24) is 0 Å². The quantitative estimate of drug-likeness (QED) is 0.582. The second-order valence-electron chi connectivity index (χ2n) is 4.29. The lowest BCUT2D eigenvalue weighted by Crippen LogP contribution is -2.05. The summed E-state index contributed by atoms with van der Waals surface area (Å²) in [6, 6.07) is 8.98. The standard InChI is InChI=1S/C16H15IO4/c1-3-20-15(18)13-9-14(16(19)21-4-2)12-8-6-10(17)5-7-11(12)13/h5-9H,3-4H2,1-2H3. The summed E-state index contributed by atoms with van der Waals surface area (Å²) in [5, 5.41) is 0. The number of fused-ring (bicyclic) bond motifs is 1. The van der Waals surface area contributed by atoms with Crippen LogP contribution in [0.2, 0.25) is 0 Å². The summed E-state index contributed by atoms with van der Waals surface area (Å²) in [6.07, 6.45) is 0. The Morgan fingerprint density at radius 3 is 1.71 bits per heavy atom. The molecule has 0 fully saturated rings. The highest BCUT2D eigenvalue weighted by molar-refractivity contribution is 14.1. The first-order chi connectivity index (χ1) is 10.1. The highest BCUT2D eigenvalue weighted by Gasteiger charge is 2.25. The van der Waals surface area contributed by atoms with Crippen molar-refractivity contribution in [2.75, 3.05) is 13.2 Å². The van der Waals surface area contributed by atoms with Crippen LogP contribution in [0.15, 0.2) is 30.3 Å². The number of rotatable bonds is 4. The van der Waals surface area contributed by atoms with Gasteiger partial charge in [0.25, 0.3) is 0 Å². The largest absolute Gasteiger partial charge is 0.462 e. The lowest BCUT2D eigenvalue weighted by Gasteiger charge is -2.02. The van der Waals surface area contributed by atoms with Gasteiger partial charge in [-0.3, -0.25) is 0 Å². The van der Waals surface area contributed by atoms with E-state index in [1.54, 1.807) is 19.9 Å². The molecule has 110 valence electrons. The molecule has 0 atom stereocenters. The average Bonchev–Trinajstić information content (AvgIpc) is 2.71. The smallest absolute Gasteiger partial charge is 0.338 e. The van der Waals surface area contributed by atoms with Crippen LogP contribution in [-0.2, 0) is 9.47 Å². The normalized spacial score (nSPS) is 10.4. The van der Waals surface area contributed by atoms with E-state index in [2.05, 4.69) is 22.6 Å². The molecule has 4 nitrogen and oxygen atoms in total. The summed E-state index contributed by atoms with van der Waals surface area (Å²) in [7, 11) is 0. The van der Waals surface area contributed by atoms with Crippen molar-refractivity contribution in [2.24, 2.45) is 0 Å². The summed E-state index contributed by atoms with van der Waals surface area (Å²) in [5.74, 6) is -0.862. The fourth-order valence-electron chi connectivity index (χ4n) is 2.09. The third-order valence-electron chi connectivity index (χ3n) is 2.97. The number of hydrogen-bond acceptors (Lipinski definition) is 4. The molecule has 0 aliphatic heterocycles. The van der Waals surface area contributed by atoms with Gasteiger partial charge in [0.2, 0.25) is 0 Å². The van der Waals surface area contributed by atoms with E-state index in [0.717, 1.165) is 3.57 Å². The van der Waals surface area contributed by atoms with Gasteiger partial charge in [0, 0.05) is 3.57 Å². The Morgan fingerprint density at radius 2 is 1.33 bits per heavy atom. The molecule has 0 saturated carbocycles. The zero-order chi connectivity index (χ0) is 15.4. The molecule has 0 aromatic carbocycles. The van der Waals surface area contributed by atoms with Crippen LogP contribution >= 0.6 is 22.6 Å². The first-order valence-corrected chi connectivity index (χ1v) is 7.72. The molecule has 0 saturated heterocycles. The van der Waals surface area contributed by atoms with Crippen LogP contribution in [-0.4, -0.2) is 25.2 Å². The fraction of sp³-hybridized carbons (Fsp3) is 0.250. The number of ether oxygens (including phenoxy) is 2. The van der Waals surface area contributed by atoms with Crippen molar-refractivity contribution in [3.05, 3.63) is 45.0 Å². The summed E-state index contributed by atoms with van der Waals surface area (Å²) >= 11 is 2.18. The summed E-state index contributed by atoms with van der Waals surface area (Å²) < 4.78 is 11.1. The highest BCUT2D eigenvalue weighted by Crippen LogP contribution is 2.33. The number of hydrogen-bond donors (Lipinski definition) is 0. The van der Waals surface area contributed by atoms with Crippen molar-refractivity contribution < 1.29 is 19.1 Å². The van der Waals surface area contributed by atoms with E-state index in [4.69, 9.17) is 9.47 Å². The molecule has 0 spiro atoms. The van der Waals surface area contributed by atoms with Gasteiger partial charge in [-0.1, -0.05) is 12.1 Å². The second-order valence-corrected chi connectivity index (χ2v) is 5.54. The minimum atomic E-state index is -0.431. The predicted octanol–water partition coefficient (Wildman–Crippen LogP) is 3.75. The van der Waals surface area contributed by atoms with E-state index in [1.165, 1.54) is 0 Å². The monoisotopic (exact) mass is 398 g/mol. The van der Waals surface area contributed by atoms with Crippen LogP contribution in [0.3, 0.4) is 0 Å². The molecular formula is C16H15IO4. The highest BCUT2D eigenvalue weighted by atomic mass is 127. The Morgan fingerprint density at radius 1 is 0.905 bits per heavy atom. The molecule has 0 aromatic heterocycles. The molecule has 5 heteroatoms. The minimum Gasteiger partial charge on any atom is -0.462 e. The van der Waals surface area contributed by atoms with Gasteiger partial charge in [-0.15, -0.1) is 0 Å². The molecule has 0 radical (unpaired) electrons. The summed E-state index contributed by atoms with van der Waals surface area (Å²) in [6.45, 7) is 4.07. The van der Waals surface area contributed by atoms with Gasteiger partial charge in [-0.2, -0.15) is 0 Å². The maximum Gasteiger partial charge on any atom is 0.338 e. The number of carbonyl (C=O) groups excluding carboxylic acids is 2. The van der Waals surface area contributed by atoms with E-state index in [9.17, 15) is 9.59 Å². The summed E-state index contributed by atoms with van der Waals surface area (Å²) in [5.41, 5.74) is 2.17. The average molecular weight is 398 g/mol. The SMILES string of the molecule is CCOC(=O)c1cc(C(=O)OCC)c2ccc(I)ccc1-2. The van der Waals surface area contributed by atoms with Crippen LogP contribution in [0.5, 0.6) is 0 Å². The molecule has 2 aliphatic rings. The van der Waals surface area contributed by atoms with Crippen LogP contribution in [0.1, 0.15) is 34.6 Å². The van der Waals surface area contributed by atoms with Gasteiger partial charge in [0.05, 0.1) is 24.3 Å². The van der Waals surface area contributed by atoms with E-state index < -0.39 is 11.9 Å². The second kappa shape index (κ2) is 6.89. The first-order valence-electron chi connectivity index (χ1n) is 6.65. The topological polar surface area (TPSA) is 52.6 Å². The minimum absolute atomic E-state index is 0.288. The van der Waals surface area contributed by atoms with E-state index in [-0.39, 0.29) is 13.2 Å². The van der Waals surface area contributed by atoms with Crippen molar-refractivity contribution in [3.8, 4) is 11.1 Å². The van der Waals surface area contributed by atoms with Gasteiger partial charge in [-0.25, -0.2) is 9.59 Å². The molecule has 0 heterocycles. The van der Waals surface area contributed by atoms with E-state index in [0.29, 0.717) is 22.3 Å². The molecule has 0 aromatic rings. The van der Waals surface area contributed by atoms with Crippen molar-refractivity contribution in [1.29, 1.82) is 0 Å². The van der Waals surface area contributed by atoms with Crippen LogP contribution in [0, 0.1) is 3.57 Å². The maximum absolute atomic E-state index is 12.1. The van der Waals surface area contributed by atoms with Crippen molar-refractivity contribution in [3.63, 3.8) is 0 Å². The molecule has 2 aliphatic carbocycles. The zero-order valence-corrected chi connectivity index (χ0v) is 14.0. The number of carbonyl (C=O) groups is 2. The predicted molar refractivity (Wildman–Crippen MR) is 87.7 cm³/mol. The van der Waals surface area contributed by atoms with Gasteiger partial charge in [0.15, 0.2) is 0 Å². The Balaban J connectivity index is 2.60. The van der Waals surface area contributed by atoms with Gasteiger partial charge in [-0.05, 0) is 65.8 Å². The van der Waals surface area contributed by atoms with Crippen LogP contribution < -0.4 is 0 Å². The number of esters is 2. The summed E-state index contributed by atoms with van der Waals surface area (Å²) in [4.78, 5) is 24.1. The van der Waals surface area contributed by atoms with Gasteiger partial charge in [0.1, 0.15) is 0 Å². The first kappa shape index (κ1) is 15.8. The van der Waals surface area contributed by atoms with Crippen molar-refractivity contribution >= 4 is 34.5 Å². The fourth-order valence-corrected chi connectivity index (χ4v) is 2.45. The molecule has 0 unspecified atom stereocenters. The molecular weight excluding hydrogens is 383 g/mol. The third-order valence-corrected chi connectivity index (χ3v) is 3.69. The molecule has 0 bridgehead atoms. The Hall–Kier alpha value is -1.63. The van der Waals surface area contributed by atoms with E-state index in [1.807, 2.05) is 24.3 Å². The zero-order valence-electron chi connectivity index (χ0n) is 11.8. The number of halogens is 1. The van der Waals surface area contributed by atoms with Crippen LogP contribution in [0.25, 0.3) is 11.1 Å². The van der Waals surface area contributed by atoms with Crippen molar-refractivity contribution in [2.45, 2.75) is 13.8 Å².